The van der Waals surface area contributed by atoms with Crippen molar-refractivity contribution < 1.29 is 13.2 Å². The van der Waals surface area contributed by atoms with Gasteiger partial charge in [-0.05, 0) is 6.08 Å². The lowest BCUT2D eigenvalue weighted by atomic mass is 10.6. The largest absolute Gasteiger partial charge is 0.366 e. The van der Waals surface area contributed by atoms with Gasteiger partial charge in [-0.15, -0.1) is 13.2 Å². The second-order valence-corrected chi connectivity index (χ2v) is 4.41. The molecule has 0 heterocycles. The molecule has 14 heavy (non-hydrogen) atoms. The van der Waals surface area contributed by atoms with Crippen molar-refractivity contribution in [1.29, 1.82) is 0 Å². The van der Waals surface area contributed by atoms with E-state index in [1.54, 1.807) is 0 Å². The van der Waals surface area contributed by atoms with Gasteiger partial charge in [0.1, 0.15) is 0 Å². The Hall–Kier alpha value is -1.36. The smallest absolute Gasteiger partial charge is 0.240 e. The van der Waals surface area contributed by atoms with Crippen molar-refractivity contribution in [3.8, 4) is 0 Å². The molecule has 0 aliphatic heterocycles. The molecule has 0 saturated heterocycles. The number of rotatable bonds is 5. The van der Waals surface area contributed by atoms with E-state index < -0.39 is 15.7 Å². The lowest BCUT2D eigenvalue weighted by Crippen LogP contribution is -2.06. The van der Waals surface area contributed by atoms with Crippen molar-refractivity contribution >= 4 is 15.7 Å². The molecule has 2 N–H and O–H groups in total. The van der Waals surface area contributed by atoms with Crippen LogP contribution >= 0.6 is 0 Å². The summed E-state index contributed by atoms with van der Waals surface area (Å²) in [7, 11) is -2.92. The first kappa shape index (κ1) is 15.1. The number of amides is 1. The molecule has 0 atom stereocenters. The fourth-order valence-corrected chi connectivity index (χ4v) is 1.28. The first-order chi connectivity index (χ1) is 6.39. The molecule has 80 valence electrons. The molecule has 0 radical (unpaired) electrons. The predicted octanol–water partition coefficient (Wildman–Crippen LogP) is 0.431. The van der Waals surface area contributed by atoms with Gasteiger partial charge < -0.3 is 5.73 Å². The van der Waals surface area contributed by atoms with Gasteiger partial charge in [0.25, 0.3) is 0 Å². The highest BCUT2D eigenvalue weighted by Crippen LogP contribution is 1.89. The van der Waals surface area contributed by atoms with Gasteiger partial charge in [-0.25, -0.2) is 8.42 Å². The summed E-state index contributed by atoms with van der Waals surface area (Å²) in [5.74, 6) is -0.400. The van der Waals surface area contributed by atoms with E-state index in [2.05, 4.69) is 25.5 Å². The molecule has 0 saturated carbocycles. The Morgan fingerprint density at radius 2 is 1.43 bits per heavy atom. The fourth-order valence-electron chi connectivity index (χ4n) is 0.427. The van der Waals surface area contributed by atoms with E-state index in [1.807, 2.05) is 0 Å². The lowest BCUT2D eigenvalue weighted by molar-refractivity contribution is -0.113. The Balaban J connectivity index is 0. The van der Waals surface area contributed by atoms with Crippen molar-refractivity contribution in [2.45, 2.75) is 0 Å². The Kier molecular flexibility index (Phi) is 8.91. The molecule has 0 aromatic carbocycles. The Morgan fingerprint density at radius 1 is 1.14 bits per heavy atom. The minimum Gasteiger partial charge on any atom is -0.366 e. The van der Waals surface area contributed by atoms with Crippen molar-refractivity contribution in [1.82, 2.24) is 0 Å². The highest BCUT2D eigenvalue weighted by Gasteiger charge is 2.02. The van der Waals surface area contributed by atoms with Crippen LogP contribution in [0.2, 0.25) is 0 Å². The van der Waals surface area contributed by atoms with E-state index in [-0.39, 0.29) is 11.5 Å². The summed E-state index contributed by atoms with van der Waals surface area (Å²) in [6.07, 6.45) is 3.80. The molecule has 0 fully saturated rings. The van der Waals surface area contributed by atoms with Gasteiger partial charge in [0.2, 0.25) is 5.91 Å². The highest BCUT2D eigenvalue weighted by atomic mass is 32.2. The van der Waals surface area contributed by atoms with Crippen LogP contribution in [0, 0.1) is 0 Å². The second kappa shape index (κ2) is 8.25. The van der Waals surface area contributed by atoms with E-state index in [0.717, 1.165) is 6.08 Å². The van der Waals surface area contributed by atoms with Gasteiger partial charge in [-0.1, -0.05) is 18.7 Å². The highest BCUT2D eigenvalue weighted by molar-refractivity contribution is 7.91. The molecule has 1 amide bonds. The van der Waals surface area contributed by atoms with Gasteiger partial charge in [-0.3, -0.25) is 4.79 Å². The molecular weight excluding hydrogens is 202 g/mol. The quantitative estimate of drug-likeness (QED) is 0.536. The zero-order chi connectivity index (χ0) is 11.6. The average Bonchev–Trinajstić information content (AvgIpc) is 2.05. The van der Waals surface area contributed by atoms with E-state index in [9.17, 15) is 13.2 Å². The average molecular weight is 217 g/mol. The topological polar surface area (TPSA) is 77.2 Å². The molecule has 0 unspecified atom stereocenters. The van der Waals surface area contributed by atoms with Crippen molar-refractivity contribution in [2.75, 3.05) is 11.5 Å². The molecule has 5 heteroatoms. The van der Waals surface area contributed by atoms with Crippen LogP contribution in [0.3, 0.4) is 0 Å². The summed E-state index contributed by atoms with van der Waals surface area (Å²) in [6.45, 7) is 9.71. The lowest BCUT2D eigenvalue weighted by Gasteiger charge is -1.92. The predicted molar refractivity (Wildman–Crippen MR) is 58.4 cm³/mol. The maximum absolute atomic E-state index is 10.7. The van der Waals surface area contributed by atoms with Crippen molar-refractivity contribution in [3.63, 3.8) is 0 Å². The monoisotopic (exact) mass is 217 g/mol. The third-order valence-corrected chi connectivity index (χ3v) is 2.43. The molecule has 0 aliphatic rings. The number of hydrogen-bond acceptors (Lipinski definition) is 3. The zero-order valence-corrected chi connectivity index (χ0v) is 8.79. The standard InChI is InChI=1S/C6H10O2S.C3H5NO/c1-3-5-9(7,8)6-4-2;1-2-3(4)5/h3-4H,1-2,5-6H2;2H,1H2,(H2,4,5). The van der Waals surface area contributed by atoms with Gasteiger partial charge in [0.15, 0.2) is 9.84 Å². The summed E-state index contributed by atoms with van der Waals surface area (Å²) >= 11 is 0. The molecule has 0 rings (SSSR count). The first-order valence-electron chi connectivity index (χ1n) is 3.73. The van der Waals surface area contributed by atoms with Gasteiger partial charge in [0.05, 0.1) is 11.5 Å². The summed E-state index contributed by atoms with van der Waals surface area (Å²) in [4.78, 5) is 9.47. The van der Waals surface area contributed by atoms with Crippen LogP contribution in [-0.2, 0) is 14.6 Å². The normalized spacial score (nSPS) is 9.14. The van der Waals surface area contributed by atoms with Crippen LogP contribution in [0.1, 0.15) is 0 Å². The van der Waals surface area contributed by atoms with Crippen LogP contribution in [0.4, 0.5) is 0 Å². The van der Waals surface area contributed by atoms with Gasteiger partial charge >= 0.3 is 0 Å². The number of hydrogen-bond donors (Lipinski definition) is 1. The maximum Gasteiger partial charge on any atom is 0.240 e. The molecular formula is C9H15NO3S. The van der Waals surface area contributed by atoms with Crippen molar-refractivity contribution in [2.24, 2.45) is 5.73 Å². The van der Waals surface area contributed by atoms with Crippen LogP contribution in [0.25, 0.3) is 0 Å². The van der Waals surface area contributed by atoms with E-state index >= 15 is 0 Å². The van der Waals surface area contributed by atoms with Crippen LogP contribution in [0.15, 0.2) is 38.0 Å². The number of sulfone groups is 1. The minimum absolute atomic E-state index is 0.0407. The summed E-state index contributed by atoms with van der Waals surface area (Å²) in [5, 5.41) is 0. The third-order valence-electron chi connectivity index (χ3n) is 0.945. The van der Waals surface area contributed by atoms with Gasteiger partial charge in [-0.2, -0.15) is 0 Å². The fraction of sp³-hybridized carbons (Fsp3) is 0.222. The molecule has 0 aliphatic carbocycles. The van der Waals surface area contributed by atoms with Crippen LogP contribution in [0.5, 0.6) is 0 Å². The Labute approximate surface area is 84.7 Å². The molecule has 0 bridgehead atoms. The Bertz CT molecular complexity index is 288. The third kappa shape index (κ3) is 13.2. The first-order valence-corrected chi connectivity index (χ1v) is 5.55. The number of nitrogens with two attached hydrogens (primary N) is 1. The van der Waals surface area contributed by atoms with Crippen molar-refractivity contribution in [3.05, 3.63) is 38.0 Å². The van der Waals surface area contributed by atoms with E-state index in [0.29, 0.717) is 0 Å². The van der Waals surface area contributed by atoms with Crippen LogP contribution < -0.4 is 5.73 Å². The molecule has 0 spiro atoms. The zero-order valence-electron chi connectivity index (χ0n) is 7.98. The van der Waals surface area contributed by atoms with E-state index in [4.69, 9.17) is 0 Å². The van der Waals surface area contributed by atoms with Crippen LogP contribution in [-0.4, -0.2) is 25.8 Å². The Morgan fingerprint density at radius 3 is 1.57 bits per heavy atom. The number of carbonyl (C=O) groups is 1. The summed E-state index contributed by atoms with van der Waals surface area (Å²) in [5.41, 5.74) is 4.53. The molecule has 0 aromatic rings. The van der Waals surface area contributed by atoms with E-state index in [1.165, 1.54) is 12.2 Å². The second-order valence-electron chi connectivity index (χ2n) is 2.26. The molecule has 0 aromatic heterocycles. The number of primary amides is 1. The minimum atomic E-state index is -2.92. The number of carbonyl (C=O) groups excluding carboxylic acids is 1. The summed E-state index contributed by atoms with van der Waals surface area (Å²) in [6, 6.07) is 0. The molecule has 4 nitrogen and oxygen atoms in total. The summed E-state index contributed by atoms with van der Waals surface area (Å²) < 4.78 is 21.4. The SMILES string of the molecule is C=CC(N)=O.C=CCS(=O)(=O)CC=C. The van der Waals surface area contributed by atoms with Gasteiger partial charge in [0, 0.05) is 0 Å². The maximum atomic E-state index is 10.7.